The Balaban J connectivity index is 1.30. The van der Waals surface area contributed by atoms with Gasteiger partial charge in [-0.2, -0.15) is 0 Å². The molecule has 0 saturated carbocycles. The standard InChI is InChI=1S/C23H25FN4O/c24-18-5-7-21-20(13-18)22(14-25-21)26-23(29)28-11-8-16-12-19(6-4-17(16)15-28)27-9-2-1-3-10-27/h4-7,12-14,25H,1-3,8-11,15H2,(H,26,29). The molecule has 3 heterocycles. The van der Waals surface area contributed by atoms with Crippen LogP contribution in [-0.4, -0.2) is 35.5 Å². The van der Waals surface area contributed by atoms with Crippen LogP contribution in [0, 0.1) is 5.82 Å². The topological polar surface area (TPSA) is 51.4 Å². The molecule has 3 aromatic rings. The van der Waals surface area contributed by atoms with Crippen LogP contribution in [0.2, 0.25) is 0 Å². The fourth-order valence-corrected chi connectivity index (χ4v) is 4.45. The van der Waals surface area contributed by atoms with E-state index in [1.807, 2.05) is 4.90 Å². The van der Waals surface area contributed by atoms with E-state index in [4.69, 9.17) is 0 Å². The van der Waals surface area contributed by atoms with Crippen LogP contribution in [0.25, 0.3) is 10.9 Å². The van der Waals surface area contributed by atoms with Crippen LogP contribution in [0.5, 0.6) is 0 Å². The van der Waals surface area contributed by atoms with Gasteiger partial charge in [-0.15, -0.1) is 0 Å². The maximum atomic E-state index is 13.6. The third kappa shape index (κ3) is 3.55. The van der Waals surface area contributed by atoms with Gasteiger partial charge >= 0.3 is 6.03 Å². The van der Waals surface area contributed by atoms with E-state index in [1.54, 1.807) is 12.3 Å². The predicted molar refractivity (Wildman–Crippen MR) is 114 cm³/mol. The average molecular weight is 392 g/mol. The molecule has 0 spiro atoms. The lowest BCUT2D eigenvalue weighted by Crippen LogP contribution is -2.39. The van der Waals surface area contributed by atoms with E-state index in [9.17, 15) is 9.18 Å². The summed E-state index contributed by atoms with van der Waals surface area (Å²) < 4.78 is 13.6. The lowest BCUT2D eigenvalue weighted by molar-refractivity contribution is 0.206. The summed E-state index contributed by atoms with van der Waals surface area (Å²) in [6, 6.07) is 11.0. The molecule has 6 heteroatoms. The smallest absolute Gasteiger partial charge is 0.322 e. The summed E-state index contributed by atoms with van der Waals surface area (Å²) in [6.45, 7) is 3.55. The van der Waals surface area contributed by atoms with E-state index >= 15 is 0 Å². The van der Waals surface area contributed by atoms with E-state index in [1.165, 1.54) is 48.2 Å². The number of urea groups is 1. The summed E-state index contributed by atoms with van der Waals surface area (Å²) in [4.78, 5) is 20.2. The van der Waals surface area contributed by atoms with Gasteiger partial charge < -0.3 is 20.1 Å². The number of carbonyl (C=O) groups is 1. The molecule has 0 radical (unpaired) electrons. The molecule has 2 aromatic carbocycles. The highest BCUT2D eigenvalue weighted by molar-refractivity contribution is 6.01. The van der Waals surface area contributed by atoms with Crippen LogP contribution in [0.3, 0.4) is 0 Å². The molecular weight excluding hydrogens is 367 g/mol. The number of rotatable bonds is 2. The van der Waals surface area contributed by atoms with Crippen LogP contribution in [0.1, 0.15) is 30.4 Å². The molecule has 2 aliphatic heterocycles. The van der Waals surface area contributed by atoms with E-state index in [2.05, 4.69) is 33.4 Å². The zero-order chi connectivity index (χ0) is 19.8. The number of aromatic amines is 1. The van der Waals surface area contributed by atoms with Gasteiger partial charge in [-0.05, 0) is 67.1 Å². The maximum absolute atomic E-state index is 13.6. The minimum atomic E-state index is -0.316. The average Bonchev–Trinajstić information content (AvgIpc) is 3.15. The number of piperidine rings is 1. The van der Waals surface area contributed by atoms with Gasteiger partial charge in [0.1, 0.15) is 5.82 Å². The molecule has 29 heavy (non-hydrogen) atoms. The SMILES string of the molecule is O=C(Nc1c[nH]c2ccc(F)cc12)N1CCc2cc(N3CCCCC3)ccc2C1. The van der Waals surface area contributed by atoms with Crippen molar-refractivity contribution < 1.29 is 9.18 Å². The maximum Gasteiger partial charge on any atom is 0.322 e. The number of nitrogens with zero attached hydrogens (tertiary/aromatic N) is 2. The number of anilines is 2. The zero-order valence-corrected chi connectivity index (χ0v) is 16.4. The number of amides is 2. The quantitative estimate of drug-likeness (QED) is 0.653. The molecule has 1 fully saturated rings. The first-order valence-electron chi connectivity index (χ1n) is 10.4. The fourth-order valence-electron chi connectivity index (χ4n) is 4.45. The van der Waals surface area contributed by atoms with E-state index < -0.39 is 0 Å². The second-order valence-corrected chi connectivity index (χ2v) is 7.99. The molecule has 150 valence electrons. The first kappa shape index (κ1) is 18.0. The monoisotopic (exact) mass is 392 g/mol. The molecule has 1 saturated heterocycles. The minimum Gasteiger partial charge on any atom is -0.372 e. The molecule has 5 nitrogen and oxygen atoms in total. The van der Waals surface area contributed by atoms with Gasteiger partial charge in [-0.3, -0.25) is 0 Å². The number of hydrogen-bond acceptors (Lipinski definition) is 2. The summed E-state index contributed by atoms with van der Waals surface area (Å²) in [7, 11) is 0. The fraction of sp³-hybridized carbons (Fsp3) is 0.348. The number of aromatic nitrogens is 1. The molecule has 0 atom stereocenters. The van der Waals surface area contributed by atoms with Crippen LogP contribution in [-0.2, 0) is 13.0 Å². The molecule has 0 bridgehead atoms. The highest BCUT2D eigenvalue weighted by atomic mass is 19.1. The largest absolute Gasteiger partial charge is 0.372 e. The Hall–Kier alpha value is -3.02. The van der Waals surface area contributed by atoms with Crippen molar-refractivity contribution in [2.24, 2.45) is 0 Å². The van der Waals surface area contributed by atoms with Crippen molar-refractivity contribution >= 4 is 28.3 Å². The lowest BCUT2D eigenvalue weighted by Gasteiger charge is -2.32. The van der Waals surface area contributed by atoms with Crippen LogP contribution < -0.4 is 10.2 Å². The van der Waals surface area contributed by atoms with Gasteiger partial charge in [0.05, 0.1) is 5.69 Å². The molecular formula is C23H25FN4O. The number of benzene rings is 2. The van der Waals surface area contributed by atoms with Crippen molar-refractivity contribution in [3.05, 3.63) is 59.5 Å². The van der Waals surface area contributed by atoms with Crippen molar-refractivity contribution in [3.63, 3.8) is 0 Å². The Morgan fingerprint density at radius 2 is 1.86 bits per heavy atom. The van der Waals surface area contributed by atoms with Gasteiger partial charge in [0.2, 0.25) is 0 Å². The second kappa shape index (κ2) is 7.43. The van der Waals surface area contributed by atoms with Gasteiger partial charge in [0.25, 0.3) is 0 Å². The van der Waals surface area contributed by atoms with Crippen molar-refractivity contribution in [2.45, 2.75) is 32.2 Å². The Kier molecular flexibility index (Phi) is 4.62. The van der Waals surface area contributed by atoms with Crippen molar-refractivity contribution in [3.8, 4) is 0 Å². The van der Waals surface area contributed by atoms with Gasteiger partial charge in [0, 0.05) is 49.0 Å². The number of nitrogens with one attached hydrogen (secondary N) is 2. The van der Waals surface area contributed by atoms with E-state index in [0.29, 0.717) is 24.2 Å². The Labute approximate surface area is 169 Å². The second-order valence-electron chi connectivity index (χ2n) is 7.99. The third-order valence-corrected chi connectivity index (χ3v) is 6.10. The molecule has 0 aliphatic carbocycles. The third-order valence-electron chi connectivity index (χ3n) is 6.10. The Morgan fingerprint density at radius 1 is 1.00 bits per heavy atom. The number of fused-ring (bicyclic) bond motifs is 2. The first-order chi connectivity index (χ1) is 14.2. The molecule has 2 N–H and O–H groups in total. The first-order valence-corrected chi connectivity index (χ1v) is 10.4. The predicted octanol–water partition coefficient (Wildman–Crippen LogP) is 4.89. The van der Waals surface area contributed by atoms with E-state index in [0.717, 1.165) is 25.0 Å². The molecule has 2 aliphatic rings. The molecule has 5 rings (SSSR count). The molecule has 1 aromatic heterocycles. The van der Waals surface area contributed by atoms with Gasteiger partial charge in [-0.25, -0.2) is 9.18 Å². The Morgan fingerprint density at radius 3 is 2.72 bits per heavy atom. The number of halogens is 1. The van der Waals surface area contributed by atoms with Gasteiger partial charge in [-0.1, -0.05) is 6.07 Å². The normalized spacial score (nSPS) is 16.7. The number of hydrogen-bond donors (Lipinski definition) is 2. The zero-order valence-electron chi connectivity index (χ0n) is 16.4. The highest BCUT2D eigenvalue weighted by Crippen LogP contribution is 2.28. The van der Waals surface area contributed by atoms with E-state index in [-0.39, 0.29) is 11.8 Å². The summed E-state index contributed by atoms with van der Waals surface area (Å²) in [5.74, 6) is -0.316. The number of H-pyrrole nitrogens is 1. The summed E-state index contributed by atoms with van der Waals surface area (Å²) in [5, 5.41) is 3.62. The van der Waals surface area contributed by atoms with Crippen LogP contribution >= 0.6 is 0 Å². The van der Waals surface area contributed by atoms with Crippen LogP contribution in [0.15, 0.2) is 42.6 Å². The van der Waals surface area contributed by atoms with Crippen molar-refractivity contribution in [1.29, 1.82) is 0 Å². The Bertz CT molecular complexity index is 1050. The number of carbonyl (C=O) groups excluding carboxylic acids is 1. The summed E-state index contributed by atoms with van der Waals surface area (Å²) >= 11 is 0. The molecule has 0 unspecified atom stereocenters. The van der Waals surface area contributed by atoms with Crippen molar-refractivity contribution in [2.75, 3.05) is 29.9 Å². The van der Waals surface area contributed by atoms with Crippen LogP contribution in [0.4, 0.5) is 20.6 Å². The molecule has 2 amide bonds. The minimum absolute atomic E-state index is 0.152. The summed E-state index contributed by atoms with van der Waals surface area (Å²) in [6.07, 6.45) is 6.43. The lowest BCUT2D eigenvalue weighted by atomic mass is 9.98. The van der Waals surface area contributed by atoms with Gasteiger partial charge in [0.15, 0.2) is 0 Å². The van der Waals surface area contributed by atoms with Crippen molar-refractivity contribution in [1.82, 2.24) is 9.88 Å². The highest BCUT2D eigenvalue weighted by Gasteiger charge is 2.22. The summed E-state index contributed by atoms with van der Waals surface area (Å²) in [5.41, 5.74) is 5.26.